The lowest BCUT2D eigenvalue weighted by Crippen LogP contribution is -2.63. The summed E-state index contributed by atoms with van der Waals surface area (Å²) < 4.78 is 6.06. The van der Waals surface area contributed by atoms with E-state index in [-0.39, 0.29) is 6.61 Å². The maximum Gasteiger partial charge on any atom is 0.239 e. The van der Waals surface area contributed by atoms with Crippen LogP contribution >= 0.6 is 0 Å². The van der Waals surface area contributed by atoms with Gasteiger partial charge in [0.25, 0.3) is 0 Å². The van der Waals surface area contributed by atoms with Gasteiger partial charge in [0, 0.05) is 36.7 Å². The van der Waals surface area contributed by atoms with E-state index in [0.717, 1.165) is 24.2 Å². The minimum atomic E-state index is -1.26. The van der Waals surface area contributed by atoms with Crippen molar-refractivity contribution in [2.75, 3.05) is 26.7 Å². The van der Waals surface area contributed by atoms with Crippen LogP contribution in [0.4, 0.5) is 0 Å². The first-order valence-corrected chi connectivity index (χ1v) is 11.5. The molecule has 6 heteroatoms. The molecule has 2 N–H and O–H groups in total. The van der Waals surface area contributed by atoms with Gasteiger partial charge in [-0.1, -0.05) is 63.2 Å². The number of aliphatic hydroxyl groups excluding tert-OH is 1. The van der Waals surface area contributed by atoms with Gasteiger partial charge in [0.15, 0.2) is 0 Å². The van der Waals surface area contributed by atoms with Gasteiger partial charge < -0.3 is 19.8 Å². The van der Waals surface area contributed by atoms with E-state index >= 15 is 0 Å². The minimum absolute atomic E-state index is 0.0318. The zero-order valence-corrected chi connectivity index (χ0v) is 19.8. The Bertz CT molecular complexity index is 1090. The topological polar surface area (TPSA) is 78.7 Å². The predicted octanol–water partition coefficient (Wildman–Crippen LogP) is 4.11. The molecule has 0 aliphatic carbocycles. The summed E-state index contributed by atoms with van der Waals surface area (Å²) in [4.78, 5) is 2.20. The molecule has 1 aromatic heterocycles. The number of benzene rings is 2. The highest BCUT2D eigenvalue weighted by atomic mass is 16.5. The molecule has 6 nitrogen and oxygen atoms in total. The Morgan fingerprint density at radius 2 is 1.79 bits per heavy atom. The van der Waals surface area contributed by atoms with Crippen LogP contribution in [0.25, 0.3) is 0 Å². The Balaban J connectivity index is 1.74. The summed E-state index contributed by atoms with van der Waals surface area (Å²) in [5.41, 5.74) is 1.96. The first kappa shape index (κ1) is 23.4. The highest BCUT2D eigenvalue weighted by Gasteiger charge is 2.55. The maximum atomic E-state index is 12.3. The van der Waals surface area contributed by atoms with E-state index in [4.69, 9.17) is 4.74 Å². The molecule has 2 aromatic carbocycles. The van der Waals surface area contributed by atoms with Crippen molar-refractivity contribution in [1.29, 1.82) is 0 Å². The van der Waals surface area contributed by atoms with Gasteiger partial charge in [-0.15, -0.1) is 5.10 Å². The van der Waals surface area contributed by atoms with Crippen molar-refractivity contribution in [3.63, 3.8) is 0 Å². The SMILES string of the molecule is CC(C)c1ccc([C@](O)(c2cnnc(Oc3ccccc3CCO)c2)C2(C)CN(C)C2)cc1. The third-order valence-corrected chi connectivity index (χ3v) is 6.72. The number of aliphatic hydroxyl groups is 2. The Kier molecular flexibility index (Phi) is 6.52. The van der Waals surface area contributed by atoms with Crippen LogP contribution in [0.3, 0.4) is 0 Å². The Morgan fingerprint density at radius 1 is 1.09 bits per heavy atom. The van der Waals surface area contributed by atoms with Gasteiger partial charge in [0.2, 0.25) is 5.88 Å². The lowest BCUT2D eigenvalue weighted by molar-refractivity contribution is -0.127. The van der Waals surface area contributed by atoms with Crippen LogP contribution in [0.2, 0.25) is 0 Å². The number of ether oxygens (including phenoxy) is 1. The summed E-state index contributed by atoms with van der Waals surface area (Å²) in [7, 11) is 2.06. The highest BCUT2D eigenvalue weighted by Crippen LogP contribution is 2.50. The van der Waals surface area contributed by atoms with E-state index in [2.05, 4.69) is 55.0 Å². The lowest BCUT2D eigenvalue weighted by Gasteiger charge is -2.55. The first-order chi connectivity index (χ1) is 15.8. The van der Waals surface area contributed by atoms with Crippen LogP contribution in [-0.2, 0) is 12.0 Å². The molecule has 1 fully saturated rings. The standard InChI is InChI=1S/C27H33N3O3/c1-19(2)20-9-11-22(12-10-20)27(32,26(3)17-30(4)18-26)23-15-25(29-28-16-23)33-24-8-6-5-7-21(24)13-14-31/h5-12,15-16,19,31-32H,13-14,17-18H2,1-4H3/t27-/m0/s1. The molecule has 1 saturated heterocycles. The molecule has 0 saturated carbocycles. The highest BCUT2D eigenvalue weighted by molar-refractivity contribution is 5.43. The zero-order valence-electron chi connectivity index (χ0n) is 19.8. The van der Waals surface area contributed by atoms with Crippen LogP contribution in [0, 0.1) is 5.41 Å². The molecule has 4 rings (SSSR count). The van der Waals surface area contributed by atoms with E-state index in [0.29, 0.717) is 29.5 Å². The van der Waals surface area contributed by atoms with Crippen molar-refractivity contribution in [1.82, 2.24) is 15.1 Å². The van der Waals surface area contributed by atoms with Crippen LogP contribution in [-0.4, -0.2) is 52.1 Å². The molecule has 0 amide bonds. The lowest BCUT2D eigenvalue weighted by atomic mass is 9.62. The molecular weight excluding hydrogens is 414 g/mol. The van der Waals surface area contributed by atoms with E-state index in [9.17, 15) is 10.2 Å². The minimum Gasteiger partial charge on any atom is -0.437 e. The van der Waals surface area contributed by atoms with Crippen molar-refractivity contribution in [2.24, 2.45) is 5.41 Å². The molecule has 1 aliphatic heterocycles. The van der Waals surface area contributed by atoms with Crippen LogP contribution in [0.15, 0.2) is 60.8 Å². The van der Waals surface area contributed by atoms with Gasteiger partial charge in [0.05, 0.1) is 6.20 Å². The van der Waals surface area contributed by atoms with Crippen molar-refractivity contribution in [3.8, 4) is 11.6 Å². The fourth-order valence-corrected chi connectivity index (χ4v) is 4.98. The molecule has 174 valence electrons. The summed E-state index contributed by atoms with van der Waals surface area (Å²) in [6, 6.07) is 17.6. The monoisotopic (exact) mass is 447 g/mol. The number of para-hydroxylation sites is 1. The van der Waals surface area contributed by atoms with Gasteiger partial charge in [-0.2, -0.15) is 5.10 Å². The van der Waals surface area contributed by atoms with Crippen LogP contribution in [0.5, 0.6) is 11.6 Å². The molecule has 2 heterocycles. The first-order valence-electron chi connectivity index (χ1n) is 11.5. The second-order valence-electron chi connectivity index (χ2n) is 9.69. The second kappa shape index (κ2) is 9.21. The van der Waals surface area contributed by atoms with E-state index in [1.807, 2.05) is 36.4 Å². The van der Waals surface area contributed by atoms with Gasteiger partial charge in [-0.3, -0.25) is 0 Å². The van der Waals surface area contributed by atoms with Crippen LogP contribution in [0.1, 0.15) is 48.9 Å². The molecule has 0 spiro atoms. The summed E-state index contributed by atoms with van der Waals surface area (Å²) in [6.07, 6.45) is 2.12. The van der Waals surface area contributed by atoms with Gasteiger partial charge >= 0.3 is 0 Å². The summed E-state index contributed by atoms with van der Waals surface area (Å²) in [6.45, 7) is 7.98. The molecule has 0 unspecified atom stereocenters. The number of rotatable bonds is 8. The maximum absolute atomic E-state index is 12.3. The number of aromatic nitrogens is 2. The summed E-state index contributed by atoms with van der Waals surface area (Å²) in [5.74, 6) is 1.35. The fraction of sp³-hybridized carbons (Fsp3) is 0.407. The number of hydrogen-bond donors (Lipinski definition) is 2. The third-order valence-electron chi connectivity index (χ3n) is 6.72. The number of nitrogens with zero attached hydrogens (tertiary/aromatic N) is 3. The molecule has 1 atom stereocenters. The van der Waals surface area contributed by atoms with Gasteiger partial charge in [-0.25, -0.2) is 0 Å². The van der Waals surface area contributed by atoms with E-state index in [1.165, 1.54) is 5.56 Å². The fourth-order valence-electron chi connectivity index (χ4n) is 4.98. The normalized spacial score (nSPS) is 17.4. The molecular formula is C27H33N3O3. The van der Waals surface area contributed by atoms with Crippen LogP contribution < -0.4 is 4.74 Å². The largest absolute Gasteiger partial charge is 0.437 e. The molecule has 1 aliphatic rings. The summed E-state index contributed by atoms with van der Waals surface area (Å²) >= 11 is 0. The van der Waals surface area contributed by atoms with Crippen molar-refractivity contribution in [2.45, 2.75) is 38.7 Å². The van der Waals surface area contributed by atoms with Crippen molar-refractivity contribution >= 4 is 0 Å². The summed E-state index contributed by atoms with van der Waals surface area (Å²) in [5, 5.41) is 30.0. The van der Waals surface area contributed by atoms with Gasteiger partial charge in [0.1, 0.15) is 11.4 Å². The Labute approximate surface area is 195 Å². The average Bonchev–Trinajstić information content (AvgIpc) is 2.79. The molecule has 0 bridgehead atoms. The third kappa shape index (κ3) is 4.38. The van der Waals surface area contributed by atoms with Crippen molar-refractivity contribution in [3.05, 3.63) is 83.0 Å². The smallest absolute Gasteiger partial charge is 0.239 e. The van der Waals surface area contributed by atoms with E-state index < -0.39 is 11.0 Å². The zero-order chi connectivity index (χ0) is 23.6. The Hall–Kier alpha value is -2.80. The Morgan fingerprint density at radius 3 is 2.42 bits per heavy atom. The molecule has 3 aromatic rings. The number of hydrogen-bond acceptors (Lipinski definition) is 6. The second-order valence-corrected chi connectivity index (χ2v) is 9.69. The number of likely N-dealkylation sites (tertiary alicyclic amines) is 1. The predicted molar refractivity (Wildman–Crippen MR) is 128 cm³/mol. The van der Waals surface area contributed by atoms with E-state index in [1.54, 1.807) is 12.3 Å². The molecule has 33 heavy (non-hydrogen) atoms. The average molecular weight is 448 g/mol. The molecule has 0 radical (unpaired) electrons. The van der Waals surface area contributed by atoms with Gasteiger partial charge in [-0.05, 0) is 42.1 Å². The quantitative estimate of drug-likeness (QED) is 0.541. The van der Waals surface area contributed by atoms with Crippen molar-refractivity contribution < 1.29 is 14.9 Å².